The van der Waals surface area contributed by atoms with E-state index in [0.29, 0.717) is 24.9 Å². The second-order valence-electron chi connectivity index (χ2n) is 7.20. The molecule has 2 rings (SSSR count). The number of nitrogens with zero attached hydrogens (tertiary/aromatic N) is 2. The number of guanidine groups is 1. The van der Waals surface area contributed by atoms with E-state index in [4.69, 9.17) is 0 Å². The molecule has 6 heteroatoms. The number of fused-ring (bicyclic) bond motifs is 1. The van der Waals surface area contributed by atoms with Crippen LogP contribution < -0.4 is 10.6 Å². The van der Waals surface area contributed by atoms with Crippen molar-refractivity contribution in [3.63, 3.8) is 0 Å². The standard InChI is InChI=1S/C19H32N4OS/c1-14(2)5-6-15(3)22-19(20-4)21-10-7-18(24)23-11-8-17-16(13-23)9-12-25-17/h9,12,14-15H,5-8,10-11,13H2,1-4H3,(H2,20,21,22). The predicted octanol–water partition coefficient (Wildman–Crippen LogP) is 3.01. The number of amides is 1. The number of carbonyl (C=O) groups excluding carboxylic acids is 1. The van der Waals surface area contributed by atoms with Crippen LogP contribution in [0.3, 0.4) is 0 Å². The van der Waals surface area contributed by atoms with Gasteiger partial charge in [0.15, 0.2) is 5.96 Å². The summed E-state index contributed by atoms with van der Waals surface area (Å²) in [6.45, 7) is 8.87. The number of thiophene rings is 1. The lowest BCUT2D eigenvalue weighted by Gasteiger charge is -2.27. The van der Waals surface area contributed by atoms with E-state index in [1.807, 2.05) is 4.90 Å². The molecule has 1 aromatic rings. The number of hydrogen-bond donors (Lipinski definition) is 2. The largest absolute Gasteiger partial charge is 0.356 e. The second kappa shape index (κ2) is 9.80. The Morgan fingerprint density at radius 3 is 2.88 bits per heavy atom. The van der Waals surface area contributed by atoms with Crippen LogP contribution in [0.15, 0.2) is 16.4 Å². The monoisotopic (exact) mass is 364 g/mol. The van der Waals surface area contributed by atoms with E-state index in [0.717, 1.165) is 31.9 Å². The molecule has 1 aromatic heterocycles. The summed E-state index contributed by atoms with van der Waals surface area (Å²) < 4.78 is 0. The van der Waals surface area contributed by atoms with Gasteiger partial charge in [0.25, 0.3) is 0 Å². The van der Waals surface area contributed by atoms with Crippen molar-refractivity contribution >= 4 is 23.2 Å². The van der Waals surface area contributed by atoms with Crippen molar-refractivity contribution in [1.82, 2.24) is 15.5 Å². The van der Waals surface area contributed by atoms with E-state index < -0.39 is 0 Å². The van der Waals surface area contributed by atoms with Crippen LogP contribution in [0.25, 0.3) is 0 Å². The molecular formula is C19H32N4OS. The summed E-state index contributed by atoms with van der Waals surface area (Å²) in [5.41, 5.74) is 1.31. The Kier molecular flexibility index (Phi) is 7.75. The molecule has 0 spiro atoms. The molecule has 1 aliphatic rings. The van der Waals surface area contributed by atoms with E-state index in [1.54, 1.807) is 18.4 Å². The fourth-order valence-corrected chi connectivity index (χ4v) is 3.88. The van der Waals surface area contributed by atoms with Crippen LogP contribution in [0, 0.1) is 5.92 Å². The third kappa shape index (κ3) is 6.34. The summed E-state index contributed by atoms with van der Waals surface area (Å²) in [5, 5.41) is 8.79. The summed E-state index contributed by atoms with van der Waals surface area (Å²) >= 11 is 1.80. The van der Waals surface area contributed by atoms with Crippen molar-refractivity contribution in [1.29, 1.82) is 0 Å². The van der Waals surface area contributed by atoms with Gasteiger partial charge in [-0.2, -0.15) is 0 Å². The Balaban J connectivity index is 1.69. The Labute approximate surface area is 155 Å². The summed E-state index contributed by atoms with van der Waals surface area (Å²) in [7, 11) is 1.77. The third-order valence-corrected chi connectivity index (χ3v) is 5.60. The van der Waals surface area contributed by atoms with Crippen LogP contribution >= 0.6 is 11.3 Å². The number of aliphatic imine (C=N–C) groups is 1. The molecule has 0 saturated heterocycles. The van der Waals surface area contributed by atoms with Crippen LogP contribution in [0.2, 0.25) is 0 Å². The zero-order valence-electron chi connectivity index (χ0n) is 16.0. The highest BCUT2D eigenvalue weighted by Crippen LogP contribution is 2.24. The lowest BCUT2D eigenvalue weighted by atomic mass is 10.0. The molecule has 0 radical (unpaired) electrons. The first-order valence-corrected chi connectivity index (χ1v) is 10.2. The predicted molar refractivity (Wildman–Crippen MR) is 106 cm³/mol. The highest BCUT2D eigenvalue weighted by molar-refractivity contribution is 7.10. The van der Waals surface area contributed by atoms with Crippen LogP contribution in [-0.4, -0.2) is 42.9 Å². The normalized spacial score (nSPS) is 15.9. The SMILES string of the molecule is CN=C(NCCC(=O)N1CCc2sccc2C1)NC(C)CCC(C)C. The average molecular weight is 365 g/mol. The average Bonchev–Trinajstić information content (AvgIpc) is 3.06. The number of hydrogen-bond acceptors (Lipinski definition) is 3. The van der Waals surface area contributed by atoms with E-state index >= 15 is 0 Å². The van der Waals surface area contributed by atoms with E-state index in [-0.39, 0.29) is 5.91 Å². The van der Waals surface area contributed by atoms with Crippen LogP contribution in [0.4, 0.5) is 0 Å². The van der Waals surface area contributed by atoms with E-state index in [1.165, 1.54) is 16.9 Å². The minimum atomic E-state index is 0.215. The van der Waals surface area contributed by atoms with Gasteiger partial charge >= 0.3 is 0 Å². The molecule has 0 fully saturated rings. The maximum Gasteiger partial charge on any atom is 0.224 e. The van der Waals surface area contributed by atoms with Crippen molar-refractivity contribution in [3.8, 4) is 0 Å². The lowest BCUT2D eigenvalue weighted by Crippen LogP contribution is -2.44. The molecule has 1 unspecified atom stereocenters. The zero-order chi connectivity index (χ0) is 18.2. The summed E-state index contributed by atoms with van der Waals surface area (Å²) in [6, 6.07) is 2.52. The number of nitrogens with one attached hydrogen (secondary N) is 2. The molecule has 25 heavy (non-hydrogen) atoms. The van der Waals surface area contributed by atoms with Crippen LogP contribution in [0.1, 0.15) is 50.5 Å². The van der Waals surface area contributed by atoms with Gasteiger partial charge in [-0.15, -0.1) is 11.3 Å². The Bertz CT molecular complexity index is 582. The highest BCUT2D eigenvalue weighted by atomic mass is 32.1. The zero-order valence-corrected chi connectivity index (χ0v) is 16.8. The minimum Gasteiger partial charge on any atom is -0.356 e. The molecule has 1 amide bonds. The first kappa shape index (κ1) is 19.8. The first-order valence-electron chi connectivity index (χ1n) is 9.29. The van der Waals surface area contributed by atoms with Gasteiger partial charge in [-0.1, -0.05) is 13.8 Å². The van der Waals surface area contributed by atoms with Crippen molar-refractivity contribution < 1.29 is 4.79 Å². The quantitative estimate of drug-likeness (QED) is 0.578. The second-order valence-corrected chi connectivity index (χ2v) is 8.20. The van der Waals surface area contributed by atoms with Gasteiger partial charge in [0.05, 0.1) is 0 Å². The molecule has 0 aromatic carbocycles. The van der Waals surface area contributed by atoms with Gasteiger partial charge in [-0.25, -0.2) is 0 Å². The topological polar surface area (TPSA) is 56.7 Å². The van der Waals surface area contributed by atoms with Crippen molar-refractivity contribution in [3.05, 3.63) is 21.9 Å². The molecule has 2 heterocycles. The number of carbonyl (C=O) groups is 1. The van der Waals surface area contributed by atoms with Crippen molar-refractivity contribution in [2.45, 2.75) is 59.0 Å². The smallest absolute Gasteiger partial charge is 0.224 e. The fraction of sp³-hybridized carbons (Fsp3) is 0.684. The van der Waals surface area contributed by atoms with Crippen LogP contribution in [0.5, 0.6) is 0 Å². The molecule has 2 N–H and O–H groups in total. The molecule has 1 atom stereocenters. The summed E-state index contributed by atoms with van der Waals surface area (Å²) in [4.78, 5) is 20.1. The van der Waals surface area contributed by atoms with Gasteiger partial charge in [0, 0.05) is 44.0 Å². The molecular weight excluding hydrogens is 332 g/mol. The summed E-state index contributed by atoms with van der Waals surface area (Å²) in [6.07, 6.45) is 3.81. The van der Waals surface area contributed by atoms with E-state index in [2.05, 4.69) is 47.8 Å². The first-order chi connectivity index (χ1) is 12.0. The summed E-state index contributed by atoms with van der Waals surface area (Å²) in [5.74, 6) is 1.71. The van der Waals surface area contributed by atoms with Crippen molar-refractivity contribution in [2.24, 2.45) is 10.9 Å². The Morgan fingerprint density at radius 1 is 1.36 bits per heavy atom. The molecule has 5 nitrogen and oxygen atoms in total. The van der Waals surface area contributed by atoms with Crippen molar-refractivity contribution in [2.75, 3.05) is 20.1 Å². The molecule has 140 valence electrons. The molecule has 1 aliphatic heterocycles. The highest BCUT2D eigenvalue weighted by Gasteiger charge is 2.21. The molecule has 0 aliphatic carbocycles. The molecule has 0 bridgehead atoms. The van der Waals surface area contributed by atoms with Gasteiger partial charge in [-0.3, -0.25) is 9.79 Å². The minimum absolute atomic E-state index is 0.215. The molecule has 0 saturated carbocycles. The Hall–Kier alpha value is -1.56. The third-order valence-electron chi connectivity index (χ3n) is 4.58. The maximum absolute atomic E-state index is 12.4. The fourth-order valence-electron chi connectivity index (χ4n) is 2.99. The Morgan fingerprint density at radius 2 is 2.16 bits per heavy atom. The van der Waals surface area contributed by atoms with Gasteiger partial charge in [0.1, 0.15) is 0 Å². The van der Waals surface area contributed by atoms with Gasteiger partial charge in [-0.05, 0) is 49.1 Å². The maximum atomic E-state index is 12.4. The number of rotatable bonds is 7. The lowest BCUT2D eigenvalue weighted by molar-refractivity contribution is -0.131. The van der Waals surface area contributed by atoms with E-state index in [9.17, 15) is 4.79 Å². The van der Waals surface area contributed by atoms with Crippen LogP contribution in [-0.2, 0) is 17.8 Å². The van der Waals surface area contributed by atoms with Gasteiger partial charge in [0.2, 0.25) is 5.91 Å². The van der Waals surface area contributed by atoms with Gasteiger partial charge < -0.3 is 15.5 Å².